The molecule has 60 valence electrons. The molecule has 2 nitrogen and oxygen atoms in total. The Bertz CT molecular complexity index is 129. The Balaban J connectivity index is 4.11. The number of hydrogen-bond donors (Lipinski definition) is 2. The fraction of sp³-hybridized carbons (Fsp3) is 0.750. The predicted octanol–water partition coefficient (Wildman–Crippen LogP) is 1.05. The molecule has 0 saturated carbocycles. The molecule has 0 fully saturated rings. The predicted molar refractivity (Wildman–Crippen MR) is 43.7 cm³/mol. The number of aliphatic hydroxyl groups is 1. The van der Waals surface area contributed by atoms with Crippen molar-refractivity contribution in [2.75, 3.05) is 0 Å². The highest BCUT2D eigenvalue weighted by Crippen LogP contribution is 2.07. The number of nitrogens with two attached hydrogens (primary N) is 1. The fourth-order valence-corrected chi connectivity index (χ4v) is 0.531. The van der Waals surface area contributed by atoms with Crippen molar-refractivity contribution in [2.45, 2.75) is 39.3 Å². The van der Waals surface area contributed by atoms with Gasteiger partial charge in [0.05, 0.1) is 6.10 Å². The molecule has 1 unspecified atom stereocenters. The number of hydrogen-bond acceptors (Lipinski definition) is 2. The van der Waals surface area contributed by atoms with E-state index in [-0.39, 0.29) is 0 Å². The summed E-state index contributed by atoms with van der Waals surface area (Å²) in [5.74, 6) is 0. The minimum atomic E-state index is -0.544. The van der Waals surface area contributed by atoms with Gasteiger partial charge in [-0.2, -0.15) is 0 Å². The van der Waals surface area contributed by atoms with Gasteiger partial charge in [-0.1, -0.05) is 11.6 Å². The third-order valence-corrected chi connectivity index (χ3v) is 1.25. The van der Waals surface area contributed by atoms with Crippen LogP contribution in [0, 0.1) is 0 Å². The molecule has 0 aliphatic carbocycles. The number of rotatable bonds is 2. The van der Waals surface area contributed by atoms with E-state index in [1.54, 1.807) is 19.9 Å². The molecule has 0 aliphatic rings. The Morgan fingerprint density at radius 2 is 1.90 bits per heavy atom. The number of aliphatic hydroxyl groups excluding tert-OH is 1. The summed E-state index contributed by atoms with van der Waals surface area (Å²) in [6.45, 7) is 7.48. The van der Waals surface area contributed by atoms with E-state index in [0.717, 1.165) is 5.57 Å². The van der Waals surface area contributed by atoms with Crippen LogP contribution in [0.4, 0.5) is 0 Å². The minimum absolute atomic E-state index is 0.530. The topological polar surface area (TPSA) is 46.2 Å². The minimum Gasteiger partial charge on any atom is -0.387 e. The second kappa shape index (κ2) is 3.17. The molecule has 0 amide bonds. The van der Waals surface area contributed by atoms with Crippen LogP contribution in [-0.4, -0.2) is 16.7 Å². The monoisotopic (exact) mass is 143 g/mol. The summed E-state index contributed by atoms with van der Waals surface area (Å²) >= 11 is 0. The molecule has 0 spiro atoms. The summed E-state index contributed by atoms with van der Waals surface area (Å²) in [7, 11) is 0. The van der Waals surface area contributed by atoms with Gasteiger partial charge in [0.25, 0.3) is 0 Å². The zero-order chi connectivity index (χ0) is 8.36. The normalized spacial score (nSPS) is 14.6. The van der Waals surface area contributed by atoms with Crippen molar-refractivity contribution in [2.24, 2.45) is 5.73 Å². The zero-order valence-electron chi connectivity index (χ0n) is 7.18. The molecular formula is C8H17NO. The second-order valence-corrected chi connectivity index (χ2v) is 3.51. The van der Waals surface area contributed by atoms with E-state index in [1.165, 1.54) is 0 Å². The highest BCUT2D eigenvalue weighted by Gasteiger charge is 2.19. The lowest BCUT2D eigenvalue weighted by atomic mass is 9.97. The molecule has 0 aromatic rings. The van der Waals surface area contributed by atoms with Gasteiger partial charge in [0, 0.05) is 5.54 Å². The average molecular weight is 143 g/mol. The Labute approximate surface area is 62.7 Å². The third-order valence-electron chi connectivity index (χ3n) is 1.25. The quantitative estimate of drug-likeness (QED) is 0.567. The SMILES string of the molecule is CC(C)=CC(O)C(C)(C)N. The lowest BCUT2D eigenvalue weighted by Crippen LogP contribution is -2.43. The van der Waals surface area contributed by atoms with E-state index in [0.29, 0.717) is 0 Å². The lowest BCUT2D eigenvalue weighted by molar-refractivity contribution is 0.147. The molecular weight excluding hydrogens is 126 g/mol. The Kier molecular flexibility index (Phi) is 3.06. The molecule has 0 aliphatic heterocycles. The summed E-state index contributed by atoms with van der Waals surface area (Å²) in [6, 6.07) is 0. The van der Waals surface area contributed by atoms with Crippen molar-refractivity contribution >= 4 is 0 Å². The van der Waals surface area contributed by atoms with Crippen LogP contribution in [0.1, 0.15) is 27.7 Å². The van der Waals surface area contributed by atoms with Crippen LogP contribution in [0.3, 0.4) is 0 Å². The van der Waals surface area contributed by atoms with Gasteiger partial charge in [0.1, 0.15) is 0 Å². The van der Waals surface area contributed by atoms with Gasteiger partial charge in [-0.25, -0.2) is 0 Å². The Morgan fingerprint density at radius 1 is 1.50 bits per heavy atom. The Hall–Kier alpha value is -0.340. The first-order valence-corrected chi connectivity index (χ1v) is 3.46. The summed E-state index contributed by atoms with van der Waals surface area (Å²) < 4.78 is 0. The van der Waals surface area contributed by atoms with E-state index in [1.807, 2.05) is 13.8 Å². The van der Waals surface area contributed by atoms with E-state index in [9.17, 15) is 5.11 Å². The fourth-order valence-electron chi connectivity index (χ4n) is 0.531. The molecule has 0 heterocycles. The van der Waals surface area contributed by atoms with Crippen LogP contribution in [0.15, 0.2) is 11.6 Å². The van der Waals surface area contributed by atoms with Gasteiger partial charge < -0.3 is 10.8 Å². The van der Waals surface area contributed by atoms with E-state index in [2.05, 4.69) is 0 Å². The molecule has 0 bridgehead atoms. The van der Waals surface area contributed by atoms with E-state index < -0.39 is 11.6 Å². The first kappa shape index (κ1) is 9.66. The summed E-state index contributed by atoms with van der Waals surface area (Å²) in [6.07, 6.45) is 1.22. The molecule has 1 atom stereocenters. The maximum atomic E-state index is 9.35. The van der Waals surface area contributed by atoms with Crippen molar-refractivity contribution in [3.05, 3.63) is 11.6 Å². The van der Waals surface area contributed by atoms with Crippen molar-refractivity contribution in [3.63, 3.8) is 0 Å². The molecule has 0 aromatic carbocycles. The molecule has 2 heteroatoms. The molecule has 10 heavy (non-hydrogen) atoms. The average Bonchev–Trinajstić information content (AvgIpc) is 1.60. The van der Waals surface area contributed by atoms with Crippen LogP contribution >= 0.6 is 0 Å². The maximum Gasteiger partial charge on any atom is 0.0897 e. The molecule has 0 aromatic heterocycles. The van der Waals surface area contributed by atoms with Gasteiger partial charge in [-0.3, -0.25) is 0 Å². The smallest absolute Gasteiger partial charge is 0.0897 e. The van der Waals surface area contributed by atoms with Crippen LogP contribution in [0.25, 0.3) is 0 Å². The van der Waals surface area contributed by atoms with Gasteiger partial charge in [0.2, 0.25) is 0 Å². The zero-order valence-corrected chi connectivity index (χ0v) is 7.18. The van der Waals surface area contributed by atoms with Gasteiger partial charge >= 0.3 is 0 Å². The first-order valence-electron chi connectivity index (χ1n) is 3.46. The van der Waals surface area contributed by atoms with Crippen LogP contribution in [0.2, 0.25) is 0 Å². The Morgan fingerprint density at radius 3 is 2.00 bits per heavy atom. The number of allylic oxidation sites excluding steroid dienone is 1. The molecule has 0 saturated heterocycles. The standard InChI is InChI=1S/C8H17NO/c1-6(2)5-7(10)8(3,4)9/h5,7,10H,9H2,1-4H3. The highest BCUT2D eigenvalue weighted by atomic mass is 16.3. The first-order chi connectivity index (χ1) is 4.34. The molecule has 3 N–H and O–H groups in total. The van der Waals surface area contributed by atoms with Crippen LogP contribution < -0.4 is 5.73 Å². The third kappa shape index (κ3) is 3.64. The van der Waals surface area contributed by atoms with Gasteiger partial charge in [-0.05, 0) is 27.7 Å². The summed E-state index contributed by atoms with van der Waals surface area (Å²) in [5, 5.41) is 9.35. The van der Waals surface area contributed by atoms with Gasteiger partial charge in [-0.15, -0.1) is 0 Å². The highest BCUT2D eigenvalue weighted by molar-refractivity contribution is 5.04. The van der Waals surface area contributed by atoms with E-state index >= 15 is 0 Å². The maximum absolute atomic E-state index is 9.35. The van der Waals surface area contributed by atoms with Crippen LogP contribution in [0.5, 0.6) is 0 Å². The molecule has 0 rings (SSSR count). The summed E-state index contributed by atoms with van der Waals surface area (Å²) in [4.78, 5) is 0. The largest absolute Gasteiger partial charge is 0.387 e. The van der Waals surface area contributed by atoms with Crippen molar-refractivity contribution in [3.8, 4) is 0 Å². The van der Waals surface area contributed by atoms with Crippen LogP contribution in [-0.2, 0) is 0 Å². The molecule has 0 radical (unpaired) electrons. The van der Waals surface area contributed by atoms with Gasteiger partial charge in [0.15, 0.2) is 0 Å². The van der Waals surface area contributed by atoms with Crippen molar-refractivity contribution in [1.29, 1.82) is 0 Å². The second-order valence-electron chi connectivity index (χ2n) is 3.51. The van der Waals surface area contributed by atoms with Crippen molar-refractivity contribution < 1.29 is 5.11 Å². The lowest BCUT2D eigenvalue weighted by Gasteiger charge is -2.23. The summed E-state index contributed by atoms with van der Waals surface area (Å²) in [5.41, 5.74) is 6.19. The van der Waals surface area contributed by atoms with Crippen molar-refractivity contribution in [1.82, 2.24) is 0 Å². The van der Waals surface area contributed by atoms with E-state index in [4.69, 9.17) is 5.73 Å².